The standard InChI is InChI=1S/C13H18N2O5/c1-9(2)14(8-13(16)17)7-10-4-11(15(18)19)6-12(5-10)20-3/h4-6,9H,7-8H2,1-3H3,(H,16,17). The predicted molar refractivity (Wildman–Crippen MR) is 72.8 cm³/mol. The molecule has 7 nitrogen and oxygen atoms in total. The molecule has 0 bridgehead atoms. The Balaban J connectivity index is 3.02. The van der Waals surface area contributed by atoms with E-state index in [2.05, 4.69) is 0 Å². The van der Waals surface area contributed by atoms with Crippen LogP contribution in [0.2, 0.25) is 0 Å². The SMILES string of the molecule is COc1cc(CN(CC(=O)O)C(C)C)cc([N+](=O)[O-])c1. The van der Waals surface area contributed by atoms with E-state index < -0.39 is 10.9 Å². The van der Waals surface area contributed by atoms with Crippen molar-refractivity contribution in [3.63, 3.8) is 0 Å². The Morgan fingerprint density at radius 1 is 1.45 bits per heavy atom. The van der Waals surface area contributed by atoms with E-state index in [0.717, 1.165) is 0 Å². The average Bonchev–Trinajstić information content (AvgIpc) is 2.36. The normalized spacial score (nSPS) is 10.8. The zero-order chi connectivity index (χ0) is 15.3. The van der Waals surface area contributed by atoms with Gasteiger partial charge < -0.3 is 9.84 Å². The number of hydrogen-bond acceptors (Lipinski definition) is 5. The number of non-ortho nitro benzene ring substituents is 1. The minimum atomic E-state index is -0.934. The molecule has 0 aliphatic rings. The van der Waals surface area contributed by atoms with Crippen molar-refractivity contribution in [3.8, 4) is 5.75 Å². The van der Waals surface area contributed by atoms with Crippen LogP contribution in [0.1, 0.15) is 19.4 Å². The molecule has 0 atom stereocenters. The molecule has 7 heteroatoms. The molecule has 0 amide bonds. The summed E-state index contributed by atoms with van der Waals surface area (Å²) in [6, 6.07) is 4.45. The number of aliphatic carboxylic acids is 1. The molecule has 1 rings (SSSR count). The van der Waals surface area contributed by atoms with Crippen molar-refractivity contribution < 1.29 is 19.6 Å². The molecular weight excluding hydrogens is 264 g/mol. The van der Waals surface area contributed by atoms with Crippen molar-refractivity contribution in [2.45, 2.75) is 26.4 Å². The minimum absolute atomic E-state index is 0.0105. The van der Waals surface area contributed by atoms with Gasteiger partial charge >= 0.3 is 5.97 Å². The largest absolute Gasteiger partial charge is 0.496 e. The van der Waals surface area contributed by atoms with Crippen molar-refractivity contribution in [2.24, 2.45) is 0 Å². The lowest BCUT2D eigenvalue weighted by Gasteiger charge is -2.24. The number of hydrogen-bond donors (Lipinski definition) is 1. The Hall–Kier alpha value is -2.15. The number of nitro groups is 1. The van der Waals surface area contributed by atoms with Gasteiger partial charge in [0, 0.05) is 18.7 Å². The van der Waals surface area contributed by atoms with Crippen molar-refractivity contribution in [3.05, 3.63) is 33.9 Å². The molecule has 0 heterocycles. The first kappa shape index (κ1) is 15.9. The number of nitrogens with zero attached hydrogens (tertiary/aromatic N) is 2. The second-order valence-corrected chi connectivity index (χ2v) is 4.69. The summed E-state index contributed by atoms with van der Waals surface area (Å²) in [6.45, 7) is 3.93. The summed E-state index contributed by atoms with van der Waals surface area (Å²) >= 11 is 0. The number of methoxy groups -OCH3 is 1. The first-order valence-corrected chi connectivity index (χ1v) is 6.11. The number of benzene rings is 1. The maximum Gasteiger partial charge on any atom is 0.317 e. The third-order valence-corrected chi connectivity index (χ3v) is 2.85. The van der Waals surface area contributed by atoms with Crippen LogP contribution in [-0.2, 0) is 11.3 Å². The van der Waals surface area contributed by atoms with Crippen LogP contribution < -0.4 is 4.74 Å². The fraction of sp³-hybridized carbons (Fsp3) is 0.462. The number of ether oxygens (including phenoxy) is 1. The minimum Gasteiger partial charge on any atom is -0.496 e. The first-order chi connectivity index (χ1) is 9.33. The van der Waals surface area contributed by atoms with Gasteiger partial charge in [-0.05, 0) is 25.5 Å². The average molecular weight is 282 g/mol. The Kier molecular flexibility index (Phi) is 5.45. The van der Waals surface area contributed by atoms with E-state index in [9.17, 15) is 14.9 Å². The lowest BCUT2D eigenvalue weighted by Crippen LogP contribution is -2.35. The van der Waals surface area contributed by atoms with Gasteiger partial charge in [-0.2, -0.15) is 0 Å². The lowest BCUT2D eigenvalue weighted by molar-refractivity contribution is -0.385. The molecule has 0 fully saturated rings. The van der Waals surface area contributed by atoms with E-state index in [1.807, 2.05) is 13.8 Å². The van der Waals surface area contributed by atoms with E-state index in [-0.39, 0.29) is 18.3 Å². The van der Waals surface area contributed by atoms with Crippen LogP contribution in [0.4, 0.5) is 5.69 Å². The third-order valence-electron chi connectivity index (χ3n) is 2.85. The summed E-state index contributed by atoms with van der Waals surface area (Å²) in [5.74, 6) is -0.552. The third kappa shape index (κ3) is 4.51. The zero-order valence-corrected chi connectivity index (χ0v) is 11.7. The molecule has 0 unspecified atom stereocenters. The summed E-state index contributed by atoms with van der Waals surface area (Å²) in [4.78, 5) is 22.9. The van der Waals surface area contributed by atoms with E-state index in [1.165, 1.54) is 19.2 Å². The first-order valence-electron chi connectivity index (χ1n) is 6.11. The molecule has 20 heavy (non-hydrogen) atoms. The molecule has 0 aliphatic heterocycles. The highest BCUT2D eigenvalue weighted by molar-refractivity contribution is 5.69. The maximum atomic E-state index is 10.9. The van der Waals surface area contributed by atoms with Crippen LogP contribution in [-0.4, -0.2) is 40.6 Å². The molecule has 110 valence electrons. The van der Waals surface area contributed by atoms with Gasteiger partial charge in [-0.25, -0.2) is 0 Å². The Bertz CT molecular complexity index is 502. The summed E-state index contributed by atoms with van der Waals surface area (Å²) < 4.78 is 5.03. The van der Waals surface area contributed by atoms with Crippen LogP contribution in [0.3, 0.4) is 0 Å². The van der Waals surface area contributed by atoms with Gasteiger partial charge in [0.2, 0.25) is 0 Å². The summed E-state index contributed by atoms with van der Waals surface area (Å²) in [7, 11) is 1.43. The predicted octanol–water partition coefficient (Wildman–Crippen LogP) is 1.90. The molecule has 0 aliphatic carbocycles. The summed E-state index contributed by atoms with van der Waals surface area (Å²) in [6.07, 6.45) is 0. The van der Waals surface area contributed by atoms with Crippen molar-refractivity contribution in [1.82, 2.24) is 4.90 Å². The molecule has 1 aromatic rings. The highest BCUT2D eigenvalue weighted by Gasteiger charge is 2.16. The molecule has 0 saturated carbocycles. The van der Waals surface area contributed by atoms with Crippen LogP contribution >= 0.6 is 0 Å². The number of rotatable bonds is 7. The Morgan fingerprint density at radius 2 is 2.10 bits per heavy atom. The van der Waals surface area contributed by atoms with Crippen molar-refractivity contribution in [1.29, 1.82) is 0 Å². The van der Waals surface area contributed by atoms with Crippen molar-refractivity contribution >= 4 is 11.7 Å². The second-order valence-electron chi connectivity index (χ2n) is 4.69. The zero-order valence-electron chi connectivity index (χ0n) is 11.7. The summed E-state index contributed by atoms with van der Waals surface area (Å²) in [5, 5.41) is 19.7. The Labute approximate surface area is 116 Å². The van der Waals surface area contributed by atoms with Gasteiger partial charge in [-0.15, -0.1) is 0 Å². The molecule has 0 radical (unpaired) electrons. The van der Waals surface area contributed by atoms with Crippen LogP contribution in [0.25, 0.3) is 0 Å². The number of carbonyl (C=O) groups is 1. The van der Waals surface area contributed by atoms with Gasteiger partial charge in [0.15, 0.2) is 0 Å². The highest BCUT2D eigenvalue weighted by atomic mass is 16.6. The van der Waals surface area contributed by atoms with Gasteiger partial charge in [0.1, 0.15) is 5.75 Å². The second kappa shape index (κ2) is 6.85. The van der Waals surface area contributed by atoms with Gasteiger partial charge in [-0.3, -0.25) is 19.8 Å². The maximum absolute atomic E-state index is 10.9. The molecule has 0 saturated heterocycles. The number of nitro benzene ring substituents is 1. The monoisotopic (exact) mass is 282 g/mol. The van der Waals surface area contributed by atoms with Gasteiger partial charge in [0.05, 0.1) is 24.6 Å². The smallest absolute Gasteiger partial charge is 0.317 e. The van der Waals surface area contributed by atoms with E-state index in [0.29, 0.717) is 17.9 Å². The lowest BCUT2D eigenvalue weighted by atomic mass is 10.1. The summed E-state index contributed by atoms with van der Waals surface area (Å²) in [5.41, 5.74) is 0.574. The highest BCUT2D eigenvalue weighted by Crippen LogP contribution is 2.23. The molecule has 0 aromatic heterocycles. The fourth-order valence-corrected chi connectivity index (χ4v) is 1.79. The van der Waals surface area contributed by atoms with Gasteiger partial charge in [-0.1, -0.05) is 0 Å². The van der Waals surface area contributed by atoms with E-state index >= 15 is 0 Å². The number of carboxylic acids is 1. The number of carboxylic acid groups (broad SMARTS) is 1. The Morgan fingerprint density at radius 3 is 2.55 bits per heavy atom. The quantitative estimate of drug-likeness (QED) is 0.606. The molecule has 0 spiro atoms. The molecule has 1 aromatic carbocycles. The molecular formula is C13H18N2O5. The topological polar surface area (TPSA) is 92.9 Å². The molecule has 1 N–H and O–H groups in total. The fourth-order valence-electron chi connectivity index (χ4n) is 1.79. The van der Waals surface area contributed by atoms with Gasteiger partial charge in [0.25, 0.3) is 5.69 Å². The van der Waals surface area contributed by atoms with Crippen LogP contribution in [0, 0.1) is 10.1 Å². The van der Waals surface area contributed by atoms with Crippen molar-refractivity contribution in [2.75, 3.05) is 13.7 Å². The van der Waals surface area contributed by atoms with Crippen LogP contribution in [0.5, 0.6) is 5.75 Å². The van der Waals surface area contributed by atoms with E-state index in [1.54, 1.807) is 11.0 Å². The van der Waals surface area contributed by atoms with E-state index in [4.69, 9.17) is 9.84 Å². The van der Waals surface area contributed by atoms with Crippen LogP contribution in [0.15, 0.2) is 18.2 Å².